The fraction of sp³-hybridized carbons (Fsp3) is 0.235. The van der Waals surface area contributed by atoms with E-state index in [0.29, 0.717) is 36.0 Å². The number of hydrogen-bond donors (Lipinski definition) is 2. The molecule has 1 aliphatic rings. The summed E-state index contributed by atoms with van der Waals surface area (Å²) >= 11 is 0. The van der Waals surface area contributed by atoms with Crippen LogP contribution in [0.4, 0.5) is 5.69 Å². The van der Waals surface area contributed by atoms with Crippen LogP contribution in [0, 0.1) is 6.92 Å². The Hall–Kier alpha value is -2.58. The molecule has 0 atom stereocenters. The molecular formula is C17H18N2O5S. The minimum atomic E-state index is -3.84. The van der Waals surface area contributed by atoms with E-state index >= 15 is 0 Å². The van der Waals surface area contributed by atoms with Crippen molar-refractivity contribution in [3.63, 3.8) is 0 Å². The Bertz CT molecular complexity index is 925. The maximum Gasteiger partial charge on any atom is 0.238 e. The first kappa shape index (κ1) is 17.2. The summed E-state index contributed by atoms with van der Waals surface area (Å²) in [5, 5.41) is 7.86. The highest BCUT2D eigenvalue weighted by atomic mass is 32.2. The van der Waals surface area contributed by atoms with Crippen LogP contribution in [0.25, 0.3) is 0 Å². The summed E-state index contributed by atoms with van der Waals surface area (Å²) in [6, 6.07) is 9.90. The topological polar surface area (TPSA) is 108 Å². The number of carbonyl (C=O) groups excluding carboxylic acids is 1. The highest BCUT2D eigenvalue weighted by Gasteiger charge is 2.15. The zero-order valence-corrected chi connectivity index (χ0v) is 14.4. The number of ether oxygens (including phenoxy) is 2. The second-order valence-electron chi connectivity index (χ2n) is 5.73. The Morgan fingerprint density at radius 1 is 1.12 bits per heavy atom. The monoisotopic (exact) mass is 362 g/mol. The van der Waals surface area contributed by atoms with E-state index in [1.165, 1.54) is 6.07 Å². The third kappa shape index (κ3) is 4.09. The van der Waals surface area contributed by atoms with Crippen LogP contribution < -0.4 is 19.9 Å². The molecule has 0 radical (unpaired) electrons. The van der Waals surface area contributed by atoms with Crippen molar-refractivity contribution in [2.75, 3.05) is 18.5 Å². The van der Waals surface area contributed by atoms with Crippen molar-refractivity contribution in [2.24, 2.45) is 5.14 Å². The molecule has 1 amide bonds. The van der Waals surface area contributed by atoms with Crippen molar-refractivity contribution in [2.45, 2.75) is 18.2 Å². The van der Waals surface area contributed by atoms with Gasteiger partial charge in [0.05, 0.1) is 11.3 Å². The molecule has 0 bridgehead atoms. The first-order chi connectivity index (χ1) is 11.8. The van der Waals surface area contributed by atoms with Crippen molar-refractivity contribution in [3.05, 3.63) is 47.5 Å². The summed E-state index contributed by atoms with van der Waals surface area (Å²) in [5.74, 6) is 0.996. The molecule has 2 aromatic carbocycles. The minimum absolute atomic E-state index is 0.00960. The molecule has 0 aliphatic carbocycles. The quantitative estimate of drug-likeness (QED) is 0.859. The SMILES string of the molecule is Cc1ccc(NC(=O)Cc2ccc3c(c2)OCCO3)cc1S(N)(=O)=O. The number of hydrogen-bond acceptors (Lipinski definition) is 5. The number of aryl methyl sites for hydroxylation is 1. The summed E-state index contributed by atoms with van der Waals surface area (Å²) in [6.07, 6.45) is 0.120. The Morgan fingerprint density at radius 3 is 2.56 bits per heavy atom. The van der Waals surface area contributed by atoms with Gasteiger partial charge in [0.2, 0.25) is 15.9 Å². The van der Waals surface area contributed by atoms with Gasteiger partial charge in [-0.3, -0.25) is 4.79 Å². The molecule has 1 heterocycles. The predicted molar refractivity (Wildman–Crippen MR) is 92.3 cm³/mol. The first-order valence-corrected chi connectivity index (χ1v) is 9.19. The van der Waals surface area contributed by atoms with Gasteiger partial charge in [0.1, 0.15) is 13.2 Å². The zero-order chi connectivity index (χ0) is 18.0. The van der Waals surface area contributed by atoms with Crippen LogP contribution in [-0.2, 0) is 21.2 Å². The van der Waals surface area contributed by atoms with Gasteiger partial charge < -0.3 is 14.8 Å². The Balaban J connectivity index is 1.73. The lowest BCUT2D eigenvalue weighted by Crippen LogP contribution is -2.18. The molecular weight excluding hydrogens is 344 g/mol. The maximum atomic E-state index is 12.2. The van der Waals surface area contributed by atoms with Gasteiger partial charge in [0.15, 0.2) is 11.5 Å². The summed E-state index contributed by atoms with van der Waals surface area (Å²) in [7, 11) is -3.84. The molecule has 1 aliphatic heterocycles. The molecule has 0 aromatic heterocycles. The molecule has 7 nitrogen and oxygen atoms in total. The second kappa shape index (κ2) is 6.73. The molecule has 0 unspecified atom stereocenters. The van der Waals surface area contributed by atoms with Crippen LogP contribution in [0.3, 0.4) is 0 Å². The van der Waals surface area contributed by atoms with Crippen molar-refractivity contribution in [1.29, 1.82) is 0 Å². The number of sulfonamides is 1. The fourth-order valence-corrected chi connectivity index (χ4v) is 3.38. The second-order valence-corrected chi connectivity index (χ2v) is 7.26. The standard InChI is InChI=1S/C17H18N2O5S/c1-11-2-4-13(10-16(11)25(18,21)22)19-17(20)9-12-3-5-14-15(8-12)24-7-6-23-14/h2-5,8,10H,6-7,9H2,1H3,(H,19,20)(H2,18,21,22). The van der Waals surface area contributed by atoms with Crippen LogP contribution in [0.2, 0.25) is 0 Å². The number of rotatable bonds is 4. The molecule has 3 N–H and O–H groups in total. The van der Waals surface area contributed by atoms with E-state index in [-0.39, 0.29) is 17.2 Å². The number of benzene rings is 2. The third-order valence-electron chi connectivity index (χ3n) is 3.75. The molecule has 3 rings (SSSR count). The maximum absolute atomic E-state index is 12.2. The van der Waals surface area contributed by atoms with Crippen molar-refractivity contribution < 1.29 is 22.7 Å². The van der Waals surface area contributed by atoms with Gasteiger partial charge in [0, 0.05) is 5.69 Å². The molecule has 0 spiro atoms. The molecule has 2 aromatic rings. The van der Waals surface area contributed by atoms with Gasteiger partial charge in [-0.25, -0.2) is 13.6 Å². The highest BCUT2D eigenvalue weighted by molar-refractivity contribution is 7.89. The fourth-order valence-electron chi connectivity index (χ4n) is 2.57. The van der Waals surface area contributed by atoms with E-state index in [2.05, 4.69) is 5.32 Å². The number of amides is 1. The Morgan fingerprint density at radius 2 is 1.84 bits per heavy atom. The molecule has 0 saturated heterocycles. The summed E-state index contributed by atoms with van der Waals surface area (Å²) in [5.41, 5.74) is 1.66. The third-order valence-corrected chi connectivity index (χ3v) is 4.80. The van der Waals surface area contributed by atoms with E-state index in [1.54, 1.807) is 37.3 Å². The molecule has 132 valence electrons. The Labute approximate surface area is 145 Å². The molecule has 0 fully saturated rings. The smallest absolute Gasteiger partial charge is 0.238 e. The lowest BCUT2D eigenvalue weighted by molar-refractivity contribution is -0.115. The van der Waals surface area contributed by atoms with E-state index in [4.69, 9.17) is 14.6 Å². The largest absolute Gasteiger partial charge is 0.486 e. The van der Waals surface area contributed by atoms with E-state index < -0.39 is 10.0 Å². The number of primary sulfonamides is 1. The highest BCUT2D eigenvalue weighted by Crippen LogP contribution is 2.31. The molecule has 8 heteroatoms. The zero-order valence-electron chi connectivity index (χ0n) is 13.6. The van der Waals surface area contributed by atoms with Crippen LogP contribution >= 0.6 is 0 Å². The van der Waals surface area contributed by atoms with Crippen LogP contribution in [0.1, 0.15) is 11.1 Å². The lowest BCUT2D eigenvalue weighted by Gasteiger charge is -2.18. The van der Waals surface area contributed by atoms with Crippen molar-refractivity contribution in [3.8, 4) is 11.5 Å². The van der Waals surface area contributed by atoms with E-state index in [9.17, 15) is 13.2 Å². The van der Waals surface area contributed by atoms with E-state index in [0.717, 1.165) is 5.56 Å². The number of nitrogens with one attached hydrogen (secondary N) is 1. The number of carbonyl (C=O) groups is 1. The summed E-state index contributed by atoms with van der Waals surface area (Å²) < 4.78 is 34.1. The van der Waals surface area contributed by atoms with Gasteiger partial charge in [-0.15, -0.1) is 0 Å². The van der Waals surface area contributed by atoms with Gasteiger partial charge in [-0.05, 0) is 42.3 Å². The normalized spacial score (nSPS) is 13.4. The summed E-state index contributed by atoms with van der Waals surface area (Å²) in [6.45, 7) is 2.62. The number of fused-ring (bicyclic) bond motifs is 1. The van der Waals surface area contributed by atoms with Crippen LogP contribution in [0.5, 0.6) is 11.5 Å². The number of anilines is 1. The summed E-state index contributed by atoms with van der Waals surface area (Å²) in [4.78, 5) is 12.2. The van der Waals surface area contributed by atoms with Crippen molar-refractivity contribution >= 4 is 21.6 Å². The van der Waals surface area contributed by atoms with Gasteiger partial charge in [-0.1, -0.05) is 12.1 Å². The van der Waals surface area contributed by atoms with Gasteiger partial charge in [0.25, 0.3) is 0 Å². The average molecular weight is 362 g/mol. The molecule has 25 heavy (non-hydrogen) atoms. The molecule has 0 saturated carbocycles. The van der Waals surface area contributed by atoms with Gasteiger partial charge >= 0.3 is 0 Å². The van der Waals surface area contributed by atoms with Crippen LogP contribution in [-0.4, -0.2) is 27.5 Å². The predicted octanol–water partition coefficient (Wildman–Crippen LogP) is 1.59. The average Bonchev–Trinajstić information content (AvgIpc) is 2.55. The first-order valence-electron chi connectivity index (χ1n) is 7.65. The van der Waals surface area contributed by atoms with E-state index in [1.807, 2.05) is 0 Å². The van der Waals surface area contributed by atoms with Gasteiger partial charge in [-0.2, -0.15) is 0 Å². The Kier molecular flexibility index (Phi) is 4.65. The lowest BCUT2D eigenvalue weighted by atomic mass is 10.1. The minimum Gasteiger partial charge on any atom is -0.486 e. The van der Waals surface area contributed by atoms with Crippen LogP contribution in [0.15, 0.2) is 41.3 Å². The van der Waals surface area contributed by atoms with Crippen molar-refractivity contribution in [1.82, 2.24) is 0 Å². The number of nitrogens with two attached hydrogens (primary N) is 1.